The molecule has 1 N–H and O–H groups in total. The lowest BCUT2D eigenvalue weighted by atomic mass is 10.1. The van der Waals surface area contributed by atoms with E-state index in [1.54, 1.807) is 6.92 Å². The summed E-state index contributed by atoms with van der Waals surface area (Å²) in [7, 11) is -2.29. The Hall–Kier alpha value is -2.45. The van der Waals surface area contributed by atoms with Crippen LogP contribution in [0.1, 0.15) is 18.5 Å². The summed E-state index contributed by atoms with van der Waals surface area (Å²) in [5, 5.41) is 0. The molecule has 0 amide bonds. The van der Waals surface area contributed by atoms with Crippen LogP contribution in [0.3, 0.4) is 0 Å². The second kappa shape index (κ2) is 5.88. The van der Waals surface area contributed by atoms with Gasteiger partial charge in [-0.05, 0) is 36.8 Å². The van der Waals surface area contributed by atoms with E-state index in [2.05, 4.69) is 4.72 Å². The second-order valence-corrected chi connectivity index (χ2v) is 7.17. The Morgan fingerprint density at radius 3 is 2.50 bits per heavy atom. The van der Waals surface area contributed by atoms with Crippen molar-refractivity contribution in [1.82, 2.24) is 9.29 Å². The first kappa shape index (κ1) is 16.4. The quantitative estimate of drug-likeness (QED) is 0.783. The third-order valence-electron chi connectivity index (χ3n) is 3.78. The zero-order valence-electron chi connectivity index (χ0n) is 13.0. The summed E-state index contributed by atoms with van der Waals surface area (Å²) in [6.45, 7) is 1.66. The maximum Gasteiger partial charge on any atom is 0.419 e. The fourth-order valence-electron chi connectivity index (χ4n) is 2.40. The van der Waals surface area contributed by atoms with Gasteiger partial charge in [-0.1, -0.05) is 12.1 Å². The number of benzene rings is 2. The maximum atomic E-state index is 13.0. The molecule has 0 spiro atoms. The fourth-order valence-corrected chi connectivity index (χ4v) is 3.65. The first-order chi connectivity index (χ1) is 11.3. The Bertz CT molecular complexity index is 1050. The van der Waals surface area contributed by atoms with Gasteiger partial charge in [-0.2, -0.15) is 0 Å². The molecule has 1 aromatic heterocycles. The molecule has 0 saturated carbocycles. The molecule has 0 bridgehead atoms. The van der Waals surface area contributed by atoms with Crippen LogP contribution < -0.4 is 10.5 Å². The van der Waals surface area contributed by atoms with Gasteiger partial charge in [0, 0.05) is 19.2 Å². The van der Waals surface area contributed by atoms with Crippen molar-refractivity contribution in [2.45, 2.75) is 17.9 Å². The lowest BCUT2D eigenvalue weighted by Crippen LogP contribution is -2.26. The molecule has 0 fully saturated rings. The van der Waals surface area contributed by atoms with Crippen molar-refractivity contribution < 1.29 is 17.2 Å². The Labute approximate surface area is 137 Å². The van der Waals surface area contributed by atoms with Gasteiger partial charge in [-0.3, -0.25) is 4.57 Å². The third-order valence-corrected chi connectivity index (χ3v) is 5.31. The molecule has 1 heterocycles. The molecule has 0 aliphatic carbocycles. The number of oxazole rings is 1. The molecule has 126 valence electrons. The lowest BCUT2D eigenvalue weighted by Gasteiger charge is -2.14. The highest BCUT2D eigenvalue weighted by Crippen LogP contribution is 2.21. The van der Waals surface area contributed by atoms with E-state index in [1.165, 1.54) is 54.1 Å². The highest BCUT2D eigenvalue weighted by atomic mass is 32.2. The minimum absolute atomic E-state index is 0.0155. The lowest BCUT2D eigenvalue weighted by molar-refractivity contribution is 0.527. The van der Waals surface area contributed by atoms with Crippen LogP contribution in [0.5, 0.6) is 0 Å². The number of nitrogens with one attached hydrogen (secondary N) is 1. The molecule has 0 aliphatic rings. The van der Waals surface area contributed by atoms with Crippen molar-refractivity contribution >= 4 is 21.1 Å². The molecule has 2 aromatic carbocycles. The van der Waals surface area contributed by atoms with Crippen LogP contribution >= 0.6 is 0 Å². The summed E-state index contributed by atoms with van der Waals surface area (Å²) in [6.07, 6.45) is 0. The van der Waals surface area contributed by atoms with Gasteiger partial charge in [0.15, 0.2) is 5.58 Å². The van der Waals surface area contributed by atoms with Crippen LogP contribution in [0.15, 0.2) is 56.6 Å². The van der Waals surface area contributed by atoms with Crippen molar-refractivity contribution in [2.75, 3.05) is 0 Å². The first-order valence-corrected chi connectivity index (χ1v) is 8.63. The molecule has 6 nitrogen and oxygen atoms in total. The van der Waals surface area contributed by atoms with Gasteiger partial charge in [0.2, 0.25) is 10.0 Å². The predicted octanol–water partition coefficient (Wildman–Crippen LogP) is 2.31. The number of nitrogens with zero attached hydrogens (tertiary/aromatic N) is 1. The zero-order valence-corrected chi connectivity index (χ0v) is 13.8. The summed E-state index contributed by atoms with van der Waals surface area (Å²) in [4.78, 5) is 11.5. The van der Waals surface area contributed by atoms with Crippen molar-refractivity contribution in [2.24, 2.45) is 7.05 Å². The van der Waals surface area contributed by atoms with Gasteiger partial charge in [0.05, 0.1) is 10.4 Å². The topological polar surface area (TPSA) is 81.3 Å². The summed E-state index contributed by atoms with van der Waals surface area (Å²) in [6, 6.07) is 9.23. The largest absolute Gasteiger partial charge is 0.419 e. The van der Waals surface area contributed by atoms with Crippen molar-refractivity contribution in [3.8, 4) is 0 Å². The van der Waals surface area contributed by atoms with E-state index in [-0.39, 0.29) is 10.5 Å². The molecule has 0 unspecified atom stereocenters. The van der Waals surface area contributed by atoms with E-state index in [0.29, 0.717) is 11.1 Å². The van der Waals surface area contributed by atoms with Crippen molar-refractivity contribution in [3.05, 3.63) is 64.4 Å². The number of rotatable bonds is 4. The zero-order chi connectivity index (χ0) is 17.5. The van der Waals surface area contributed by atoms with Crippen molar-refractivity contribution in [3.63, 3.8) is 0 Å². The first-order valence-electron chi connectivity index (χ1n) is 7.15. The number of hydrogen-bond acceptors (Lipinski definition) is 4. The average Bonchev–Trinajstić information content (AvgIpc) is 2.82. The highest BCUT2D eigenvalue weighted by molar-refractivity contribution is 7.89. The van der Waals surface area contributed by atoms with Crippen LogP contribution in [-0.4, -0.2) is 13.0 Å². The van der Waals surface area contributed by atoms with E-state index >= 15 is 0 Å². The molecule has 3 aromatic rings. The predicted molar refractivity (Wildman–Crippen MR) is 86.6 cm³/mol. The van der Waals surface area contributed by atoms with Gasteiger partial charge in [-0.25, -0.2) is 22.3 Å². The smallest absolute Gasteiger partial charge is 0.408 e. The number of aromatic nitrogens is 1. The standard InChI is InChI=1S/C16H15FN2O4S/c1-10(11-3-5-12(17)6-4-11)18-24(21,22)13-7-8-14-15(9-13)23-16(20)19(14)2/h3-10,18H,1-2H3/t10-/m1/s1. The molecule has 1 atom stereocenters. The fraction of sp³-hybridized carbons (Fsp3) is 0.188. The molecule has 0 radical (unpaired) electrons. The molecule has 0 aliphatic heterocycles. The Kier molecular flexibility index (Phi) is 4.02. The van der Waals surface area contributed by atoms with E-state index in [0.717, 1.165) is 0 Å². The van der Waals surface area contributed by atoms with Gasteiger partial charge in [-0.15, -0.1) is 0 Å². The second-order valence-electron chi connectivity index (χ2n) is 5.45. The van der Waals surface area contributed by atoms with Crippen molar-refractivity contribution in [1.29, 1.82) is 0 Å². The van der Waals surface area contributed by atoms with Crippen LogP contribution in [0, 0.1) is 5.82 Å². The molecule has 8 heteroatoms. The van der Waals surface area contributed by atoms with Gasteiger partial charge >= 0.3 is 5.76 Å². The van der Waals surface area contributed by atoms with Crippen LogP contribution in [0.25, 0.3) is 11.1 Å². The van der Waals surface area contributed by atoms with Gasteiger partial charge in [0.1, 0.15) is 5.82 Å². The van der Waals surface area contributed by atoms with Crippen LogP contribution in [-0.2, 0) is 17.1 Å². The monoisotopic (exact) mass is 350 g/mol. The van der Waals surface area contributed by atoms with Gasteiger partial charge in [0.25, 0.3) is 0 Å². The number of aryl methyl sites for hydroxylation is 1. The number of hydrogen-bond donors (Lipinski definition) is 1. The highest BCUT2D eigenvalue weighted by Gasteiger charge is 2.20. The molecular formula is C16H15FN2O4S. The summed E-state index contributed by atoms with van der Waals surface area (Å²) in [5.74, 6) is -0.953. The Morgan fingerprint density at radius 2 is 1.83 bits per heavy atom. The summed E-state index contributed by atoms with van der Waals surface area (Å²) >= 11 is 0. The van der Waals surface area contributed by atoms with E-state index in [1.807, 2.05) is 0 Å². The van der Waals surface area contributed by atoms with Crippen LogP contribution in [0.2, 0.25) is 0 Å². The average molecular weight is 350 g/mol. The summed E-state index contributed by atoms with van der Waals surface area (Å²) < 4.78 is 46.8. The van der Waals surface area contributed by atoms with Crippen LogP contribution in [0.4, 0.5) is 4.39 Å². The number of sulfonamides is 1. The normalized spacial score (nSPS) is 13.3. The minimum Gasteiger partial charge on any atom is -0.408 e. The molecule has 0 saturated heterocycles. The van der Waals surface area contributed by atoms with Gasteiger partial charge < -0.3 is 4.42 Å². The summed E-state index contributed by atoms with van der Waals surface area (Å²) in [5.41, 5.74) is 1.33. The Morgan fingerprint density at radius 1 is 1.17 bits per heavy atom. The molecule has 3 rings (SSSR count). The minimum atomic E-state index is -3.83. The Balaban J connectivity index is 1.92. The maximum absolute atomic E-state index is 13.0. The molecular weight excluding hydrogens is 335 g/mol. The number of fused-ring (bicyclic) bond motifs is 1. The van der Waals surface area contributed by atoms with E-state index < -0.39 is 27.6 Å². The number of halogens is 1. The SMILES string of the molecule is C[C@@H](NS(=O)(=O)c1ccc2c(c1)oc(=O)n2C)c1ccc(F)cc1. The van der Waals surface area contributed by atoms with E-state index in [9.17, 15) is 17.6 Å². The third kappa shape index (κ3) is 2.98. The van der Waals surface area contributed by atoms with E-state index in [4.69, 9.17) is 4.42 Å². The molecule has 24 heavy (non-hydrogen) atoms.